The van der Waals surface area contributed by atoms with E-state index in [1.165, 1.54) is 0 Å². The minimum absolute atomic E-state index is 0.0858. The molecule has 2 heterocycles. The van der Waals surface area contributed by atoms with Crippen molar-refractivity contribution in [1.29, 1.82) is 0 Å². The third-order valence-corrected chi connectivity index (χ3v) is 3.05. The molecule has 0 bridgehead atoms. The molecule has 0 saturated carbocycles. The number of aromatic nitrogens is 3. The molecule has 0 fully saturated rings. The van der Waals surface area contributed by atoms with E-state index >= 15 is 0 Å². The molecule has 0 aliphatic rings. The third-order valence-electron chi connectivity index (χ3n) is 2.28. The van der Waals surface area contributed by atoms with Gasteiger partial charge in [0.05, 0.1) is 5.01 Å². The average molecular weight is 238 g/mol. The summed E-state index contributed by atoms with van der Waals surface area (Å²) in [5.74, 6) is 1.12. The summed E-state index contributed by atoms with van der Waals surface area (Å²) in [5, 5.41) is 6.78. The van der Waals surface area contributed by atoms with Crippen LogP contribution in [0.5, 0.6) is 0 Å². The lowest BCUT2D eigenvalue weighted by Crippen LogP contribution is -2.21. The highest BCUT2D eigenvalue weighted by molar-refractivity contribution is 7.09. The van der Waals surface area contributed by atoms with Crippen LogP contribution in [0.15, 0.2) is 9.90 Å². The lowest BCUT2D eigenvalue weighted by molar-refractivity contribution is 0.418. The van der Waals surface area contributed by atoms with Crippen LogP contribution in [0.2, 0.25) is 0 Å². The monoisotopic (exact) mass is 238 g/mol. The zero-order valence-corrected chi connectivity index (χ0v) is 10.1. The third kappa shape index (κ3) is 2.45. The Morgan fingerprint density at radius 3 is 2.94 bits per heavy atom. The molecule has 86 valence electrons. The zero-order chi connectivity index (χ0) is 11.5. The molecule has 2 aromatic rings. The van der Waals surface area contributed by atoms with E-state index in [1.807, 2.05) is 19.2 Å². The van der Waals surface area contributed by atoms with E-state index in [1.54, 1.807) is 11.3 Å². The van der Waals surface area contributed by atoms with Gasteiger partial charge in [0.1, 0.15) is 5.69 Å². The number of rotatable bonds is 4. The second-order valence-electron chi connectivity index (χ2n) is 3.64. The van der Waals surface area contributed by atoms with Gasteiger partial charge in [-0.15, -0.1) is 11.3 Å². The number of hydrogen-bond acceptors (Lipinski definition) is 6. The van der Waals surface area contributed by atoms with Gasteiger partial charge in [-0.25, -0.2) is 4.98 Å². The Bertz CT molecular complexity index is 465. The predicted octanol–water partition coefficient (Wildman–Crippen LogP) is 1.78. The maximum Gasteiger partial charge on any atom is 0.277 e. The Kier molecular flexibility index (Phi) is 3.31. The molecule has 0 aliphatic carbocycles. The van der Waals surface area contributed by atoms with Crippen molar-refractivity contribution < 1.29 is 4.52 Å². The van der Waals surface area contributed by atoms with Crippen LogP contribution < -0.4 is 5.73 Å². The summed E-state index contributed by atoms with van der Waals surface area (Å²) in [4.78, 5) is 8.55. The molecule has 1 unspecified atom stereocenters. The van der Waals surface area contributed by atoms with Crippen LogP contribution in [0.3, 0.4) is 0 Å². The van der Waals surface area contributed by atoms with Crippen molar-refractivity contribution in [3.05, 3.63) is 16.2 Å². The van der Waals surface area contributed by atoms with Crippen LogP contribution in [0.25, 0.3) is 11.6 Å². The van der Waals surface area contributed by atoms with Crippen molar-refractivity contribution in [3.63, 3.8) is 0 Å². The van der Waals surface area contributed by atoms with Gasteiger partial charge >= 0.3 is 0 Å². The highest BCUT2D eigenvalue weighted by Gasteiger charge is 2.13. The first-order valence-electron chi connectivity index (χ1n) is 5.19. The lowest BCUT2D eigenvalue weighted by atomic mass is 10.2. The van der Waals surface area contributed by atoms with E-state index in [0.717, 1.165) is 17.1 Å². The summed E-state index contributed by atoms with van der Waals surface area (Å²) in [6, 6.07) is 0.0858. The molecule has 6 heteroatoms. The molecule has 16 heavy (non-hydrogen) atoms. The smallest absolute Gasteiger partial charge is 0.277 e. The predicted molar refractivity (Wildman–Crippen MR) is 62.1 cm³/mol. The van der Waals surface area contributed by atoms with E-state index < -0.39 is 0 Å². The highest BCUT2D eigenvalue weighted by Crippen LogP contribution is 2.19. The van der Waals surface area contributed by atoms with Crippen LogP contribution in [-0.2, 0) is 6.42 Å². The first-order valence-corrected chi connectivity index (χ1v) is 6.07. The van der Waals surface area contributed by atoms with Gasteiger partial charge in [0.25, 0.3) is 5.89 Å². The second-order valence-corrected chi connectivity index (χ2v) is 4.70. The topological polar surface area (TPSA) is 77.8 Å². The Balaban J connectivity index is 2.13. The molecule has 2 N–H and O–H groups in total. The summed E-state index contributed by atoms with van der Waals surface area (Å²) < 4.78 is 5.14. The largest absolute Gasteiger partial charge is 0.332 e. The second kappa shape index (κ2) is 4.71. The molecule has 0 aliphatic heterocycles. The normalized spacial score (nSPS) is 12.9. The molecule has 5 nitrogen and oxygen atoms in total. The number of aryl methyl sites for hydroxylation is 1. The summed E-state index contributed by atoms with van der Waals surface area (Å²) >= 11 is 1.56. The SMILES string of the molecule is CCC(N)Cc1noc(-c2csc(C)n2)n1. The molecule has 2 aromatic heterocycles. The van der Waals surface area contributed by atoms with Crippen LogP contribution in [-0.4, -0.2) is 21.2 Å². The van der Waals surface area contributed by atoms with E-state index in [9.17, 15) is 0 Å². The Labute approximate surface area is 97.7 Å². The number of nitrogens with two attached hydrogens (primary N) is 1. The summed E-state index contributed by atoms with van der Waals surface area (Å²) in [5.41, 5.74) is 6.56. The van der Waals surface area contributed by atoms with Crippen LogP contribution in [0.4, 0.5) is 0 Å². The molecular formula is C10H14N4OS. The fraction of sp³-hybridized carbons (Fsp3) is 0.500. The molecule has 0 spiro atoms. The fourth-order valence-electron chi connectivity index (χ4n) is 1.28. The van der Waals surface area contributed by atoms with Gasteiger partial charge in [-0.1, -0.05) is 12.1 Å². The van der Waals surface area contributed by atoms with Gasteiger partial charge < -0.3 is 10.3 Å². The van der Waals surface area contributed by atoms with Crippen molar-refractivity contribution in [2.24, 2.45) is 5.73 Å². The van der Waals surface area contributed by atoms with E-state index in [4.69, 9.17) is 10.3 Å². The summed E-state index contributed by atoms with van der Waals surface area (Å²) in [7, 11) is 0. The molecule has 2 rings (SSSR count). The van der Waals surface area contributed by atoms with Gasteiger partial charge in [0, 0.05) is 17.8 Å². The maximum atomic E-state index is 5.82. The van der Waals surface area contributed by atoms with Crippen molar-refractivity contribution in [3.8, 4) is 11.6 Å². The van der Waals surface area contributed by atoms with Crippen molar-refractivity contribution in [2.45, 2.75) is 32.7 Å². The van der Waals surface area contributed by atoms with Gasteiger partial charge in [-0.3, -0.25) is 0 Å². The minimum atomic E-state index is 0.0858. The fourth-order valence-corrected chi connectivity index (χ4v) is 1.87. The highest BCUT2D eigenvalue weighted by atomic mass is 32.1. The lowest BCUT2D eigenvalue weighted by Gasteiger charge is -2.02. The molecule has 0 aromatic carbocycles. The van der Waals surface area contributed by atoms with E-state index in [-0.39, 0.29) is 6.04 Å². The van der Waals surface area contributed by atoms with Crippen LogP contribution in [0.1, 0.15) is 24.2 Å². The standard InChI is InChI=1S/C10H14N4OS/c1-3-7(11)4-9-13-10(15-14-9)8-5-16-6(2)12-8/h5,7H,3-4,11H2,1-2H3. The summed E-state index contributed by atoms with van der Waals surface area (Å²) in [6.45, 7) is 3.98. The van der Waals surface area contributed by atoms with E-state index in [0.29, 0.717) is 18.1 Å². The Morgan fingerprint density at radius 1 is 1.50 bits per heavy atom. The Morgan fingerprint density at radius 2 is 2.31 bits per heavy atom. The van der Waals surface area contributed by atoms with Gasteiger partial charge in [0.2, 0.25) is 0 Å². The number of thiazole rings is 1. The zero-order valence-electron chi connectivity index (χ0n) is 9.30. The van der Waals surface area contributed by atoms with E-state index in [2.05, 4.69) is 15.1 Å². The van der Waals surface area contributed by atoms with Gasteiger partial charge in [-0.05, 0) is 13.3 Å². The molecule has 0 amide bonds. The summed E-state index contributed by atoms with van der Waals surface area (Å²) in [6.07, 6.45) is 1.54. The molecule has 0 saturated heterocycles. The first-order chi connectivity index (χ1) is 7.69. The maximum absolute atomic E-state index is 5.82. The minimum Gasteiger partial charge on any atom is -0.332 e. The Hall–Kier alpha value is -1.27. The number of nitrogens with zero attached hydrogens (tertiary/aromatic N) is 3. The number of hydrogen-bond donors (Lipinski definition) is 1. The van der Waals surface area contributed by atoms with Gasteiger partial charge in [-0.2, -0.15) is 4.98 Å². The van der Waals surface area contributed by atoms with Crippen molar-refractivity contribution in [1.82, 2.24) is 15.1 Å². The van der Waals surface area contributed by atoms with Crippen LogP contribution in [0, 0.1) is 6.92 Å². The van der Waals surface area contributed by atoms with Crippen molar-refractivity contribution >= 4 is 11.3 Å². The average Bonchev–Trinajstić information content (AvgIpc) is 2.87. The quantitative estimate of drug-likeness (QED) is 0.878. The van der Waals surface area contributed by atoms with Gasteiger partial charge in [0.15, 0.2) is 5.82 Å². The first kappa shape index (κ1) is 11.2. The van der Waals surface area contributed by atoms with Crippen molar-refractivity contribution in [2.75, 3.05) is 0 Å². The molecule has 0 radical (unpaired) electrons. The molecular weight excluding hydrogens is 224 g/mol. The molecule has 1 atom stereocenters. The van der Waals surface area contributed by atoms with Crippen LogP contribution >= 0.6 is 11.3 Å².